The highest BCUT2D eigenvalue weighted by molar-refractivity contribution is 9.10. The Morgan fingerprint density at radius 3 is 2.60 bits per heavy atom. The number of nitrogens with zero attached hydrogens (tertiary/aromatic N) is 2. The topological polar surface area (TPSA) is 29.9 Å². The lowest BCUT2D eigenvalue weighted by Crippen LogP contribution is -2.37. The molecule has 114 valence electrons. The zero-order valence-electron chi connectivity index (χ0n) is 12.5. The molecule has 0 aromatic carbocycles. The van der Waals surface area contributed by atoms with Crippen LogP contribution in [0.1, 0.15) is 50.4 Å². The van der Waals surface area contributed by atoms with E-state index in [1.807, 2.05) is 11.7 Å². The normalized spacial score (nSPS) is 18.4. The van der Waals surface area contributed by atoms with Gasteiger partial charge in [-0.25, -0.2) is 0 Å². The third-order valence-electron chi connectivity index (χ3n) is 4.49. The van der Waals surface area contributed by atoms with Crippen LogP contribution < -0.4 is 5.32 Å². The van der Waals surface area contributed by atoms with E-state index in [0.29, 0.717) is 5.41 Å². The summed E-state index contributed by atoms with van der Waals surface area (Å²) in [5, 5.41) is 8.14. The highest BCUT2D eigenvalue weighted by atomic mass is 79.9. The molecule has 1 aliphatic carbocycles. The van der Waals surface area contributed by atoms with E-state index in [1.54, 1.807) is 0 Å². The third kappa shape index (κ3) is 3.58. The van der Waals surface area contributed by atoms with E-state index in [4.69, 9.17) is 11.6 Å². The average molecular weight is 363 g/mol. The third-order valence-corrected chi connectivity index (χ3v) is 5.98. The molecule has 0 unspecified atom stereocenters. The fourth-order valence-electron chi connectivity index (χ4n) is 3.12. The summed E-state index contributed by atoms with van der Waals surface area (Å²) >= 11 is 9.91. The van der Waals surface area contributed by atoms with Crippen molar-refractivity contribution in [2.75, 3.05) is 12.4 Å². The quantitative estimate of drug-likeness (QED) is 0.774. The van der Waals surface area contributed by atoms with Gasteiger partial charge in [0.05, 0.1) is 15.9 Å². The Balaban J connectivity index is 1.93. The minimum atomic E-state index is 0.304. The van der Waals surface area contributed by atoms with Gasteiger partial charge in [0.2, 0.25) is 0 Å². The van der Waals surface area contributed by atoms with Gasteiger partial charge in [-0.1, -0.05) is 26.2 Å². The Labute approximate surface area is 135 Å². The molecule has 1 saturated carbocycles. The van der Waals surface area contributed by atoms with Gasteiger partial charge in [0.1, 0.15) is 0 Å². The van der Waals surface area contributed by atoms with Gasteiger partial charge in [-0.3, -0.25) is 4.68 Å². The van der Waals surface area contributed by atoms with E-state index < -0.39 is 0 Å². The molecule has 0 spiro atoms. The highest BCUT2D eigenvalue weighted by Gasteiger charge is 2.30. The molecule has 0 atom stereocenters. The fourth-order valence-corrected chi connectivity index (χ4v) is 4.24. The average Bonchev–Trinajstić information content (AvgIpc) is 2.75. The first-order chi connectivity index (χ1) is 9.62. The maximum absolute atomic E-state index is 6.24. The molecule has 3 nitrogen and oxygen atoms in total. The Bertz CT molecular complexity index is 439. The first-order valence-electron chi connectivity index (χ1n) is 7.59. The fraction of sp³-hybridized carbons (Fsp3) is 0.800. The zero-order chi connectivity index (χ0) is 14.6. The minimum absolute atomic E-state index is 0.304. The van der Waals surface area contributed by atoms with Gasteiger partial charge in [0.25, 0.3) is 0 Å². The molecule has 1 fully saturated rings. The summed E-state index contributed by atoms with van der Waals surface area (Å²) in [6.07, 6.45) is 7.49. The monoisotopic (exact) mass is 361 g/mol. The molecule has 0 amide bonds. The summed E-state index contributed by atoms with van der Waals surface area (Å²) in [5.41, 5.74) is 2.66. The Morgan fingerprint density at radius 2 is 2.05 bits per heavy atom. The van der Waals surface area contributed by atoms with Gasteiger partial charge >= 0.3 is 0 Å². The van der Waals surface area contributed by atoms with Crippen LogP contribution in [0.25, 0.3) is 0 Å². The van der Waals surface area contributed by atoms with Crippen molar-refractivity contribution in [3.8, 4) is 0 Å². The minimum Gasteiger partial charge on any atom is -0.311 e. The van der Waals surface area contributed by atoms with E-state index in [-0.39, 0.29) is 0 Å². The summed E-state index contributed by atoms with van der Waals surface area (Å²) in [6.45, 7) is 3.99. The van der Waals surface area contributed by atoms with E-state index in [9.17, 15) is 0 Å². The molecule has 5 heteroatoms. The Kier molecular flexibility index (Phi) is 5.94. The number of alkyl halides is 1. The van der Waals surface area contributed by atoms with Crippen molar-refractivity contribution < 1.29 is 0 Å². The summed E-state index contributed by atoms with van der Waals surface area (Å²) in [7, 11) is 2.01. The van der Waals surface area contributed by atoms with E-state index in [0.717, 1.165) is 35.6 Å². The largest absolute Gasteiger partial charge is 0.311 e. The maximum atomic E-state index is 6.24. The second-order valence-corrected chi connectivity index (χ2v) is 7.04. The summed E-state index contributed by atoms with van der Waals surface area (Å²) < 4.78 is 3.13. The second kappa shape index (κ2) is 7.28. The molecule has 1 aromatic heterocycles. The molecule has 2 rings (SSSR count). The summed E-state index contributed by atoms with van der Waals surface area (Å²) in [5.74, 6) is 0.771. The predicted molar refractivity (Wildman–Crippen MR) is 88.2 cm³/mol. The first-order valence-corrected chi connectivity index (χ1v) is 8.91. The lowest BCUT2D eigenvalue weighted by Gasteiger charge is -2.35. The SMILES string of the molecule is CCc1nn(C)c(CNCC2(CCl)CCCCC2)c1Br. The van der Waals surface area contributed by atoms with Gasteiger partial charge in [0, 0.05) is 26.0 Å². The van der Waals surface area contributed by atoms with Gasteiger partial charge in [0.15, 0.2) is 0 Å². The zero-order valence-corrected chi connectivity index (χ0v) is 14.9. The van der Waals surface area contributed by atoms with E-state index in [2.05, 4.69) is 33.3 Å². The van der Waals surface area contributed by atoms with E-state index in [1.165, 1.54) is 37.8 Å². The number of aromatic nitrogens is 2. The van der Waals surface area contributed by atoms with Gasteiger partial charge in [-0.05, 0) is 40.6 Å². The number of aryl methyl sites for hydroxylation is 2. The van der Waals surface area contributed by atoms with Crippen LogP contribution in [-0.4, -0.2) is 22.2 Å². The molecule has 1 aliphatic rings. The van der Waals surface area contributed by atoms with Gasteiger partial charge < -0.3 is 5.32 Å². The van der Waals surface area contributed by atoms with Crippen LogP contribution in [-0.2, 0) is 20.0 Å². The predicted octanol–water partition coefficient (Wildman–Crippen LogP) is 4.02. The van der Waals surface area contributed by atoms with Crippen LogP contribution in [0.15, 0.2) is 4.47 Å². The molecule has 0 bridgehead atoms. The molecule has 20 heavy (non-hydrogen) atoms. The summed E-state index contributed by atoms with van der Waals surface area (Å²) in [6, 6.07) is 0. The maximum Gasteiger partial charge on any atom is 0.0767 e. The number of halogens is 2. The molecular formula is C15H25BrClN3. The number of hydrogen-bond donors (Lipinski definition) is 1. The van der Waals surface area contributed by atoms with Gasteiger partial charge in [-0.15, -0.1) is 11.6 Å². The Hall–Kier alpha value is -0.0600. The van der Waals surface area contributed by atoms with Crippen molar-refractivity contribution in [1.29, 1.82) is 0 Å². The van der Waals surface area contributed by atoms with Crippen LogP contribution in [0, 0.1) is 5.41 Å². The molecule has 0 aliphatic heterocycles. The molecule has 0 radical (unpaired) electrons. The molecule has 0 saturated heterocycles. The molecule has 1 N–H and O–H groups in total. The van der Waals surface area contributed by atoms with Crippen LogP contribution >= 0.6 is 27.5 Å². The van der Waals surface area contributed by atoms with Crippen LogP contribution in [0.5, 0.6) is 0 Å². The lowest BCUT2D eigenvalue weighted by atomic mass is 9.75. The van der Waals surface area contributed by atoms with Crippen molar-refractivity contribution in [1.82, 2.24) is 15.1 Å². The summed E-state index contributed by atoms with van der Waals surface area (Å²) in [4.78, 5) is 0. The highest BCUT2D eigenvalue weighted by Crippen LogP contribution is 2.36. The van der Waals surface area contributed by atoms with Crippen molar-refractivity contribution in [2.45, 2.75) is 52.0 Å². The van der Waals surface area contributed by atoms with Crippen molar-refractivity contribution in [2.24, 2.45) is 12.5 Å². The smallest absolute Gasteiger partial charge is 0.0767 e. The van der Waals surface area contributed by atoms with Crippen molar-refractivity contribution in [3.63, 3.8) is 0 Å². The second-order valence-electron chi connectivity index (χ2n) is 5.98. The number of nitrogens with one attached hydrogen (secondary N) is 1. The van der Waals surface area contributed by atoms with Crippen molar-refractivity contribution in [3.05, 3.63) is 15.9 Å². The first kappa shape index (κ1) is 16.3. The van der Waals surface area contributed by atoms with Gasteiger partial charge in [-0.2, -0.15) is 5.10 Å². The number of hydrogen-bond acceptors (Lipinski definition) is 2. The number of rotatable bonds is 6. The molecule has 1 aromatic rings. The molecule has 1 heterocycles. The standard InChI is InChI=1S/C15H25BrClN3/c1-3-12-14(16)13(20(2)19-12)9-18-11-15(10-17)7-5-4-6-8-15/h18H,3-11H2,1-2H3. The van der Waals surface area contributed by atoms with E-state index >= 15 is 0 Å². The van der Waals surface area contributed by atoms with Crippen LogP contribution in [0.4, 0.5) is 0 Å². The van der Waals surface area contributed by atoms with Crippen LogP contribution in [0.2, 0.25) is 0 Å². The lowest BCUT2D eigenvalue weighted by molar-refractivity contribution is 0.211. The van der Waals surface area contributed by atoms with Crippen LogP contribution in [0.3, 0.4) is 0 Å². The van der Waals surface area contributed by atoms with Crippen molar-refractivity contribution >= 4 is 27.5 Å². The molecular weight excluding hydrogens is 338 g/mol. The Morgan fingerprint density at radius 1 is 1.35 bits per heavy atom.